The monoisotopic (exact) mass is 468 g/mol. The van der Waals surface area contributed by atoms with Crippen LogP contribution in [-0.4, -0.2) is 11.8 Å². The SMILES string of the molecule is O=C(CC(c1ccccc1)c1ccccc1)Nc1ccc2c(c1)C(=O)Nc1cc(Cl)ccc1O2. The molecule has 2 N–H and O–H groups in total. The number of hydrogen-bond donors (Lipinski definition) is 2. The van der Waals surface area contributed by atoms with Crippen LogP contribution < -0.4 is 15.4 Å². The molecule has 0 bridgehead atoms. The van der Waals surface area contributed by atoms with E-state index in [2.05, 4.69) is 10.6 Å². The van der Waals surface area contributed by atoms with E-state index >= 15 is 0 Å². The second kappa shape index (κ2) is 9.41. The number of rotatable bonds is 5. The van der Waals surface area contributed by atoms with Crippen molar-refractivity contribution in [2.45, 2.75) is 12.3 Å². The number of carbonyl (C=O) groups excluding carboxylic acids is 2. The van der Waals surface area contributed by atoms with Crippen molar-refractivity contribution in [3.05, 3.63) is 119 Å². The van der Waals surface area contributed by atoms with E-state index in [1.165, 1.54) is 0 Å². The Kier molecular flexibility index (Phi) is 6.02. The highest BCUT2D eigenvalue weighted by molar-refractivity contribution is 6.31. The van der Waals surface area contributed by atoms with Gasteiger partial charge in [0, 0.05) is 23.0 Å². The van der Waals surface area contributed by atoms with Crippen LogP contribution >= 0.6 is 11.6 Å². The maximum atomic E-state index is 13.0. The molecule has 0 atom stereocenters. The number of fused-ring (bicyclic) bond motifs is 2. The number of ether oxygens (including phenoxy) is 1. The Bertz CT molecular complexity index is 1320. The fraction of sp³-hybridized carbons (Fsp3) is 0.0714. The molecule has 5 rings (SSSR count). The van der Waals surface area contributed by atoms with Crippen molar-refractivity contribution in [1.82, 2.24) is 0 Å². The summed E-state index contributed by atoms with van der Waals surface area (Å²) in [5.74, 6) is 0.334. The minimum Gasteiger partial charge on any atom is -0.454 e. The molecule has 0 spiro atoms. The number of anilines is 2. The molecular weight excluding hydrogens is 448 g/mol. The van der Waals surface area contributed by atoms with Crippen molar-refractivity contribution >= 4 is 34.8 Å². The average Bonchev–Trinajstić information content (AvgIpc) is 2.99. The molecule has 0 saturated carbocycles. The fourth-order valence-corrected chi connectivity index (χ4v) is 4.24. The van der Waals surface area contributed by atoms with Gasteiger partial charge < -0.3 is 15.4 Å². The van der Waals surface area contributed by atoms with Crippen LogP contribution in [0.25, 0.3) is 0 Å². The minimum atomic E-state index is -0.335. The summed E-state index contributed by atoms with van der Waals surface area (Å²) < 4.78 is 5.91. The highest BCUT2D eigenvalue weighted by Crippen LogP contribution is 2.38. The molecule has 4 aromatic rings. The Morgan fingerprint density at radius 2 is 1.50 bits per heavy atom. The average molecular weight is 469 g/mol. The van der Waals surface area contributed by atoms with Crippen LogP contribution in [0, 0.1) is 0 Å². The fourth-order valence-electron chi connectivity index (χ4n) is 4.07. The Hall–Kier alpha value is -4.09. The molecular formula is C28H21ClN2O3. The predicted molar refractivity (Wildman–Crippen MR) is 134 cm³/mol. The highest BCUT2D eigenvalue weighted by Gasteiger charge is 2.23. The molecule has 34 heavy (non-hydrogen) atoms. The van der Waals surface area contributed by atoms with Gasteiger partial charge in [-0.05, 0) is 47.5 Å². The molecule has 168 valence electrons. The van der Waals surface area contributed by atoms with Gasteiger partial charge in [-0.25, -0.2) is 0 Å². The van der Waals surface area contributed by atoms with E-state index in [4.69, 9.17) is 16.3 Å². The molecule has 0 saturated heterocycles. The van der Waals surface area contributed by atoms with Gasteiger partial charge in [-0.2, -0.15) is 0 Å². The van der Waals surface area contributed by atoms with Crippen molar-refractivity contribution in [2.24, 2.45) is 0 Å². The first kappa shape index (κ1) is 21.7. The van der Waals surface area contributed by atoms with Crippen LogP contribution in [-0.2, 0) is 4.79 Å². The van der Waals surface area contributed by atoms with Gasteiger partial charge in [-0.3, -0.25) is 9.59 Å². The maximum Gasteiger partial charge on any atom is 0.259 e. The van der Waals surface area contributed by atoms with Crippen molar-refractivity contribution in [3.63, 3.8) is 0 Å². The Labute approximate surface area is 202 Å². The first-order chi connectivity index (χ1) is 16.6. The molecule has 6 heteroatoms. The van der Waals surface area contributed by atoms with Gasteiger partial charge in [0.05, 0.1) is 11.3 Å². The van der Waals surface area contributed by atoms with Crippen LogP contribution in [0.3, 0.4) is 0 Å². The summed E-state index contributed by atoms with van der Waals surface area (Å²) in [6, 6.07) is 30.0. The van der Waals surface area contributed by atoms with Gasteiger partial charge in [0.2, 0.25) is 5.91 Å². The minimum absolute atomic E-state index is 0.0888. The Balaban J connectivity index is 1.37. The van der Waals surface area contributed by atoms with Gasteiger partial charge in [0.1, 0.15) is 5.75 Å². The molecule has 4 aromatic carbocycles. The summed E-state index contributed by atoms with van der Waals surface area (Å²) in [5.41, 5.74) is 3.47. The van der Waals surface area contributed by atoms with Gasteiger partial charge >= 0.3 is 0 Å². The molecule has 0 aliphatic carbocycles. The standard InChI is InChI=1S/C28H21ClN2O3/c29-20-11-13-26-24(15-20)31-28(33)23-16-21(12-14-25(23)34-26)30-27(32)17-22(18-7-3-1-4-8-18)19-9-5-2-6-10-19/h1-16,22H,17H2,(H,30,32)(H,31,33). The largest absolute Gasteiger partial charge is 0.454 e. The molecule has 0 aromatic heterocycles. The first-order valence-electron chi connectivity index (χ1n) is 10.9. The van der Waals surface area contributed by atoms with Crippen molar-refractivity contribution < 1.29 is 14.3 Å². The van der Waals surface area contributed by atoms with Crippen LogP contribution in [0.4, 0.5) is 11.4 Å². The van der Waals surface area contributed by atoms with E-state index in [1.54, 1.807) is 36.4 Å². The van der Waals surface area contributed by atoms with E-state index in [0.717, 1.165) is 11.1 Å². The summed E-state index contributed by atoms with van der Waals surface area (Å²) in [4.78, 5) is 25.9. The molecule has 0 radical (unpaired) electrons. The molecule has 2 amide bonds. The third-order valence-electron chi connectivity index (χ3n) is 5.71. The molecule has 0 fully saturated rings. The number of benzene rings is 4. The molecule has 1 aliphatic heterocycles. The summed E-state index contributed by atoms with van der Waals surface area (Å²) in [5, 5.41) is 6.25. The number of carbonyl (C=O) groups is 2. The summed E-state index contributed by atoms with van der Waals surface area (Å²) in [7, 11) is 0. The van der Waals surface area contributed by atoms with E-state index in [-0.39, 0.29) is 24.2 Å². The predicted octanol–water partition coefficient (Wildman–Crippen LogP) is 6.86. The third kappa shape index (κ3) is 4.65. The number of amides is 2. The maximum absolute atomic E-state index is 13.0. The number of hydrogen-bond acceptors (Lipinski definition) is 3. The van der Waals surface area contributed by atoms with Crippen molar-refractivity contribution in [1.29, 1.82) is 0 Å². The molecule has 5 nitrogen and oxygen atoms in total. The van der Waals surface area contributed by atoms with Gasteiger partial charge in [0.25, 0.3) is 5.91 Å². The number of nitrogens with one attached hydrogen (secondary N) is 2. The van der Waals surface area contributed by atoms with Crippen LogP contribution in [0.15, 0.2) is 97.1 Å². The lowest BCUT2D eigenvalue weighted by Gasteiger charge is -2.18. The zero-order valence-corrected chi connectivity index (χ0v) is 18.9. The van der Waals surface area contributed by atoms with E-state index in [9.17, 15) is 9.59 Å². The van der Waals surface area contributed by atoms with E-state index in [0.29, 0.717) is 33.5 Å². The third-order valence-corrected chi connectivity index (χ3v) is 5.95. The van der Waals surface area contributed by atoms with Gasteiger partial charge in [0.15, 0.2) is 5.75 Å². The zero-order chi connectivity index (χ0) is 23.5. The van der Waals surface area contributed by atoms with Crippen molar-refractivity contribution in [2.75, 3.05) is 10.6 Å². The molecule has 1 aliphatic rings. The van der Waals surface area contributed by atoms with Crippen molar-refractivity contribution in [3.8, 4) is 11.5 Å². The highest BCUT2D eigenvalue weighted by atomic mass is 35.5. The lowest BCUT2D eigenvalue weighted by atomic mass is 9.88. The smallest absolute Gasteiger partial charge is 0.259 e. The van der Waals surface area contributed by atoms with Gasteiger partial charge in [-0.1, -0.05) is 72.3 Å². The second-order valence-corrected chi connectivity index (χ2v) is 8.47. The topological polar surface area (TPSA) is 67.4 Å². The van der Waals surface area contributed by atoms with Crippen LogP contribution in [0.5, 0.6) is 11.5 Å². The van der Waals surface area contributed by atoms with Crippen LogP contribution in [0.1, 0.15) is 33.8 Å². The summed E-state index contributed by atoms with van der Waals surface area (Å²) in [6.45, 7) is 0. The summed E-state index contributed by atoms with van der Waals surface area (Å²) in [6.07, 6.45) is 0.262. The molecule has 1 heterocycles. The Morgan fingerprint density at radius 1 is 0.853 bits per heavy atom. The second-order valence-electron chi connectivity index (χ2n) is 8.03. The first-order valence-corrected chi connectivity index (χ1v) is 11.3. The van der Waals surface area contributed by atoms with Gasteiger partial charge in [-0.15, -0.1) is 0 Å². The van der Waals surface area contributed by atoms with E-state index < -0.39 is 0 Å². The lowest BCUT2D eigenvalue weighted by Crippen LogP contribution is -2.17. The zero-order valence-electron chi connectivity index (χ0n) is 18.1. The Morgan fingerprint density at radius 3 is 2.18 bits per heavy atom. The quantitative estimate of drug-likeness (QED) is 0.336. The lowest BCUT2D eigenvalue weighted by molar-refractivity contribution is -0.116. The molecule has 0 unspecified atom stereocenters. The number of halogens is 1. The summed E-state index contributed by atoms with van der Waals surface area (Å²) >= 11 is 6.05. The van der Waals surface area contributed by atoms with E-state index in [1.807, 2.05) is 60.7 Å². The van der Waals surface area contributed by atoms with Crippen LogP contribution in [0.2, 0.25) is 5.02 Å². The normalized spacial score (nSPS) is 12.1.